The molecule has 1 nitrogen and oxygen atoms in total. The predicted molar refractivity (Wildman–Crippen MR) is 84.0 cm³/mol. The Hall–Kier alpha value is -1.41. The summed E-state index contributed by atoms with van der Waals surface area (Å²) in [6, 6.07) is 17.9. The lowest BCUT2D eigenvalue weighted by Crippen LogP contribution is -2.11. The van der Waals surface area contributed by atoms with E-state index in [4.69, 9.17) is 0 Å². The Morgan fingerprint density at radius 1 is 1.11 bits per heavy atom. The molecule has 0 saturated carbocycles. The molecule has 0 spiro atoms. The van der Waals surface area contributed by atoms with Crippen molar-refractivity contribution >= 4 is 17.4 Å². The Morgan fingerprint density at radius 2 is 1.89 bits per heavy atom. The molecule has 0 amide bonds. The molecule has 0 aliphatic carbocycles. The zero-order valence-corrected chi connectivity index (χ0v) is 12.0. The molecule has 1 heterocycles. The molecule has 0 bridgehead atoms. The van der Waals surface area contributed by atoms with Crippen molar-refractivity contribution in [1.82, 2.24) is 0 Å². The maximum absolute atomic E-state index is 3.73. The molecule has 98 valence electrons. The first-order chi connectivity index (χ1) is 9.38. The molecule has 1 atom stereocenters. The van der Waals surface area contributed by atoms with E-state index >= 15 is 0 Å². The summed E-state index contributed by atoms with van der Waals surface area (Å²) in [4.78, 5) is 1.42. The molecule has 1 N–H and O–H groups in total. The fourth-order valence-electron chi connectivity index (χ4n) is 2.62. The van der Waals surface area contributed by atoms with E-state index in [1.807, 2.05) is 11.8 Å². The minimum Gasteiger partial charge on any atom is -0.377 e. The summed E-state index contributed by atoms with van der Waals surface area (Å²) < 4.78 is 0. The van der Waals surface area contributed by atoms with Crippen molar-refractivity contribution in [1.29, 1.82) is 0 Å². The Balaban J connectivity index is 1.83. The van der Waals surface area contributed by atoms with Gasteiger partial charge in [-0.25, -0.2) is 0 Å². The fourth-order valence-corrected chi connectivity index (χ4v) is 3.78. The number of anilines is 1. The molecule has 1 aliphatic heterocycles. The number of benzene rings is 2. The molecule has 1 aliphatic rings. The fraction of sp³-hybridized carbons (Fsp3) is 0.294. The first-order valence-electron chi connectivity index (χ1n) is 6.94. The SMILES string of the molecule is CCCc1ccccc1NC1CSc2ccccc21. The third kappa shape index (κ3) is 2.64. The Kier molecular flexibility index (Phi) is 3.79. The van der Waals surface area contributed by atoms with E-state index in [-0.39, 0.29) is 0 Å². The largest absolute Gasteiger partial charge is 0.377 e. The van der Waals surface area contributed by atoms with Crippen LogP contribution in [-0.4, -0.2) is 5.75 Å². The van der Waals surface area contributed by atoms with Crippen LogP contribution in [0.1, 0.15) is 30.5 Å². The van der Waals surface area contributed by atoms with Gasteiger partial charge in [0.05, 0.1) is 6.04 Å². The normalized spacial score (nSPS) is 17.2. The highest BCUT2D eigenvalue weighted by atomic mass is 32.2. The predicted octanol–water partition coefficient (Wildman–Crippen LogP) is 4.90. The molecule has 2 aromatic carbocycles. The van der Waals surface area contributed by atoms with Gasteiger partial charge in [-0.05, 0) is 29.7 Å². The summed E-state index contributed by atoms with van der Waals surface area (Å²) in [6.07, 6.45) is 2.33. The number of hydrogen-bond acceptors (Lipinski definition) is 2. The van der Waals surface area contributed by atoms with E-state index in [1.165, 1.54) is 28.1 Å². The van der Waals surface area contributed by atoms with Gasteiger partial charge < -0.3 is 5.32 Å². The summed E-state index contributed by atoms with van der Waals surface area (Å²) in [5, 5.41) is 3.73. The Labute approximate surface area is 119 Å². The second-order valence-corrected chi connectivity index (χ2v) is 6.01. The van der Waals surface area contributed by atoms with Crippen LogP contribution in [0.3, 0.4) is 0 Å². The van der Waals surface area contributed by atoms with E-state index in [2.05, 4.69) is 60.8 Å². The van der Waals surface area contributed by atoms with Crippen molar-refractivity contribution in [2.24, 2.45) is 0 Å². The molecule has 1 unspecified atom stereocenters. The van der Waals surface area contributed by atoms with Crippen LogP contribution in [0, 0.1) is 0 Å². The van der Waals surface area contributed by atoms with Crippen molar-refractivity contribution in [2.45, 2.75) is 30.7 Å². The van der Waals surface area contributed by atoms with Gasteiger partial charge >= 0.3 is 0 Å². The molecule has 0 saturated heterocycles. The van der Waals surface area contributed by atoms with Gasteiger partial charge in [-0.3, -0.25) is 0 Å². The van der Waals surface area contributed by atoms with Crippen LogP contribution in [0.5, 0.6) is 0 Å². The lowest BCUT2D eigenvalue weighted by Gasteiger charge is -2.17. The number of para-hydroxylation sites is 1. The van der Waals surface area contributed by atoms with E-state index in [0.717, 1.165) is 12.2 Å². The average Bonchev–Trinajstić information content (AvgIpc) is 2.85. The number of aryl methyl sites for hydroxylation is 1. The smallest absolute Gasteiger partial charge is 0.0618 e. The Bertz CT molecular complexity index is 565. The summed E-state index contributed by atoms with van der Waals surface area (Å²) >= 11 is 1.95. The van der Waals surface area contributed by atoms with Crippen LogP contribution < -0.4 is 5.32 Å². The van der Waals surface area contributed by atoms with Crippen molar-refractivity contribution in [3.63, 3.8) is 0 Å². The third-order valence-electron chi connectivity index (χ3n) is 3.57. The first-order valence-corrected chi connectivity index (χ1v) is 7.93. The van der Waals surface area contributed by atoms with E-state index < -0.39 is 0 Å². The first kappa shape index (κ1) is 12.6. The summed E-state index contributed by atoms with van der Waals surface area (Å²) in [5.74, 6) is 1.12. The molecule has 2 heteroatoms. The highest BCUT2D eigenvalue weighted by molar-refractivity contribution is 7.99. The molecule has 0 aromatic heterocycles. The number of rotatable bonds is 4. The highest BCUT2D eigenvalue weighted by Gasteiger charge is 2.22. The lowest BCUT2D eigenvalue weighted by molar-refractivity contribution is 0.878. The molecule has 0 radical (unpaired) electrons. The zero-order chi connectivity index (χ0) is 13.1. The topological polar surface area (TPSA) is 12.0 Å². The van der Waals surface area contributed by atoms with Crippen molar-refractivity contribution in [2.75, 3.05) is 11.1 Å². The summed E-state index contributed by atoms with van der Waals surface area (Å²) in [7, 11) is 0. The monoisotopic (exact) mass is 269 g/mol. The van der Waals surface area contributed by atoms with Gasteiger partial charge in [-0.15, -0.1) is 11.8 Å². The molecule has 0 fully saturated rings. The van der Waals surface area contributed by atoms with Crippen molar-refractivity contribution in [3.05, 3.63) is 59.7 Å². The summed E-state index contributed by atoms with van der Waals surface area (Å²) in [5.41, 5.74) is 4.17. The molecular formula is C17H19NS. The second-order valence-electron chi connectivity index (χ2n) is 4.95. The van der Waals surface area contributed by atoms with Crippen LogP contribution in [0.4, 0.5) is 5.69 Å². The maximum Gasteiger partial charge on any atom is 0.0618 e. The van der Waals surface area contributed by atoms with Gasteiger partial charge in [-0.1, -0.05) is 49.7 Å². The number of hydrogen-bond donors (Lipinski definition) is 1. The maximum atomic E-state index is 3.73. The second kappa shape index (κ2) is 5.70. The quantitative estimate of drug-likeness (QED) is 0.847. The van der Waals surface area contributed by atoms with Gasteiger partial charge in [-0.2, -0.15) is 0 Å². The van der Waals surface area contributed by atoms with Crippen LogP contribution in [0.25, 0.3) is 0 Å². The van der Waals surface area contributed by atoms with Gasteiger partial charge in [0.25, 0.3) is 0 Å². The lowest BCUT2D eigenvalue weighted by atomic mass is 10.0. The van der Waals surface area contributed by atoms with E-state index in [0.29, 0.717) is 6.04 Å². The third-order valence-corrected chi connectivity index (χ3v) is 4.75. The van der Waals surface area contributed by atoms with E-state index in [1.54, 1.807) is 0 Å². The van der Waals surface area contributed by atoms with E-state index in [9.17, 15) is 0 Å². The van der Waals surface area contributed by atoms with Gasteiger partial charge in [0.2, 0.25) is 0 Å². The minimum absolute atomic E-state index is 0.444. The van der Waals surface area contributed by atoms with Crippen molar-refractivity contribution in [3.8, 4) is 0 Å². The van der Waals surface area contributed by atoms with Gasteiger partial charge in [0, 0.05) is 16.3 Å². The van der Waals surface area contributed by atoms with Gasteiger partial charge in [0.1, 0.15) is 0 Å². The zero-order valence-electron chi connectivity index (χ0n) is 11.2. The Morgan fingerprint density at radius 3 is 2.79 bits per heavy atom. The molecule has 2 aromatic rings. The van der Waals surface area contributed by atoms with Gasteiger partial charge in [0.15, 0.2) is 0 Å². The number of nitrogens with one attached hydrogen (secondary N) is 1. The van der Waals surface area contributed by atoms with Crippen LogP contribution >= 0.6 is 11.8 Å². The minimum atomic E-state index is 0.444. The molecular weight excluding hydrogens is 250 g/mol. The standard InChI is InChI=1S/C17H19NS/c1-2-7-13-8-3-5-10-15(13)18-16-12-19-17-11-6-4-9-14(16)17/h3-6,8-11,16,18H,2,7,12H2,1H3. The number of fused-ring (bicyclic) bond motifs is 1. The molecule has 19 heavy (non-hydrogen) atoms. The summed E-state index contributed by atoms with van der Waals surface area (Å²) in [6.45, 7) is 2.23. The molecule has 3 rings (SSSR count). The van der Waals surface area contributed by atoms with Crippen LogP contribution in [0.2, 0.25) is 0 Å². The highest BCUT2D eigenvalue weighted by Crippen LogP contribution is 2.39. The average molecular weight is 269 g/mol. The number of thioether (sulfide) groups is 1. The van der Waals surface area contributed by atoms with Crippen LogP contribution in [-0.2, 0) is 6.42 Å². The van der Waals surface area contributed by atoms with Crippen molar-refractivity contribution < 1.29 is 0 Å². The van der Waals surface area contributed by atoms with Crippen LogP contribution in [0.15, 0.2) is 53.4 Å².